The Balaban J connectivity index is 2.23. The third-order valence-electron chi connectivity index (χ3n) is 6.13. The van der Waals surface area contributed by atoms with Crippen LogP contribution in [0.2, 0.25) is 0 Å². The highest BCUT2D eigenvalue weighted by Crippen LogP contribution is 2.19. The number of benzene rings is 2. The Morgan fingerprint density at radius 2 is 1.61 bits per heavy atom. The predicted molar refractivity (Wildman–Crippen MR) is 157 cm³/mol. The topological polar surface area (TPSA) is 220 Å². The van der Waals surface area contributed by atoms with E-state index in [1.54, 1.807) is 32.0 Å². The zero-order valence-electron chi connectivity index (χ0n) is 23.2. The molecule has 2 amide bonds. The number of aliphatic imine (C=N–C) groups is 1. The number of guanidine groups is 1. The Morgan fingerprint density at radius 1 is 0.951 bits per heavy atom. The molecule has 0 saturated heterocycles. The molecule has 15 heteroatoms. The van der Waals surface area contributed by atoms with Gasteiger partial charge < -0.3 is 26.9 Å². The van der Waals surface area contributed by atoms with Crippen molar-refractivity contribution < 1.29 is 31.2 Å². The lowest BCUT2D eigenvalue weighted by molar-refractivity contribution is -0.131. The first-order valence-electron chi connectivity index (χ1n) is 12.9. The van der Waals surface area contributed by atoms with E-state index in [-0.39, 0.29) is 30.2 Å². The number of rotatable bonds is 16. The maximum Gasteiger partial charge on any atom is 0.243 e. The molecule has 7 N–H and O–H groups in total. The van der Waals surface area contributed by atoms with Crippen LogP contribution in [0.3, 0.4) is 0 Å². The molecule has 0 aliphatic heterocycles. The Bertz CT molecular complexity index is 1470. The van der Waals surface area contributed by atoms with Crippen LogP contribution in [-0.4, -0.2) is 77.6 Å². The average Bonchev–Trinajstić information content (AvgIpc) is 2.89. The molecule has 0 aromatic heterocycles. The van der Waals surface area contributed by atoms with Crippen LogP contribution in [0.15, 0.2) is 52.4 Å². The van der Waals surface area contributed by atoms with Gasteiger partial charge in [-0.05, 0) is 48.1 Å². The predicted octanol–water partition coefficient (Wildman–Crippen LogP) is -0.200. The van der Waals surface area contributed by atoms with Crippen LogP contribution in [-0.2, 0) is 34.2 Å². The SMILES string of the molecule is CC(C)[C@H](NC(=O)C(CCS(C)(=O)=O)NS(=O)(=O)c1ccc2ccccc2c1)C(=O)NC(C=O)CCCN=C(N)N. The number of carbonyl (C=O) groups is 3. The minimum absolute atomic E-state index is 0.0964. The summed E-state index contributed by atoms with van der Waals surface area (Å²) in [5, 5.41) is 6.56. The molecule has 3 atom stereocenters. The minimum Gasteiger partial charge on any atom is -0.370 e. The standard InChI is InChI=1S/C26H38N6O7S2/c1-17(2)23(25(35)30-20(16-33)9-6-13-29-26(27)28)31-24(34)22(12-14-40(3,36)37)32-41(38,39)21-11-10-18-7-4-5-8-19(18)15-21/h4-5,7-8,10-11,15-17,20,22-23,32H,6,9,12-14H2,1-3H3,(H,30,35)(H,31,34)(H4,27,28,29)/t20?,22?,23-/m0/s1. The van der Waals surface area contributed by atoms with Crippen LogP contribution in [0.4, 0.5) is 0 Å². The summed E-state index contributed by atoms with van der Waals surface area (Å²) in [4.78, 5) is 41.6. The fourth-order valence-corrected chi connectivity index (χ4v) is 5.85. The quantitative estimate of drug-likeness (QED) is 0.0734. The number of nitrogens with one attached hydrogen (secondary N) is 3. The summed E-state index contributed by atoms with van der Waals surface area (Å²) in [6.07, 6.45) is 1.81. The highest BCUT2D eigenvalue weighted by Gasteiger charge is 2.32. The van der Waals surface area contributed by atoms with Crippen molar-refractivity contribution in [2.24, 2.45) is 22.4 Å². The van der Waals surface area contributed by atoms with Gasteiger partial charge in [-0.3, -0.25) is 14.6 Å². The number of fused-ring (bicyclic) bond motifs is 1. The molecule has 0 radical (unpaired) electrons. The average molecular weight is 611 g/mol. The molecule has 2 aromatic rings. The molecule has 0 saturated carbocycles. The molecule has 0 aliphatic carbocycles. The maximum absolute atomic E-state index is 13.3. The van der Waals surface area contributed by atoms with E-state index in [9.17, 15) is 31.2 Å². The fraction of sp³-hybridized carbons (Fsp3) is 0.462. The summed E-state index contributed by atoms with van der Waals surface area (Å²) in [7, 11) is -7.82. The molecule has 0 heterocycles. The Kier molecular flexibility index (Phi) is 12.2. The summed E-state index contributed by atoms with van der Waals surface area (Å²) < 4.78 is 52.5. The van der Waals surface area contributed by atoms with Crippen molar-refractivity contribution in [1.82, 2.24) is 15.4 Å². The van der Waals surface area contributed by atoms with E-state index in [4.69, 9.17) is 11.5 Å². The minimum atomic E-state index is -4.26. The number of amides is 2. The Hall–Kier alpha value is -3.56. The first kappa shape index (κ1) is 33.6. The molecule has 0 bridgehead atoms. The fourth-order valence-electron chi connectivity index (χ4n) is 3.92. The number of sulfone groups is 1. The monoisotopic (exact) mass is 610 g/mol. The molecule has 2 unspecified atom stereocenters. The van der Waals surface area contributed by atoms with Crippen molar-refractivity contribution in [3.8, 4) is 0 Å². The normalized spacial score (nSPS) is 14.1. The van der Waals surface area contributed by atoms with Crippen molar-refractivity contribution in [3.63, 3.8) is 0 Å². The number of hydrogen-bond acceptors (Lipinski definition) is 8. The summed E-state index contributed by atoms with van der Waals surface area (Å²) >= 11 is 0. The molecular formula is C26H38N6O7S2. The van der Waals surface area contributed by atoms with Crippen molar-refractivity contribution in [1.29, 1.82) is 0 Å². The Morgan fingerprint density at radius 3 is 2.20 bits per heavy atom. The lowest BCUT2D eigenvalue weighted by atomic mass is 10.0. The molecule has 13 nitrogen and oxygen atoms in total. The summed E-state index contributed by atoms with van der Waals surface area (Å²) in [5.74, 6) is -2.58. The van der Waals surface area contributed by atoms with Gasteiger partial charge >= 0.3 is 0 Å². The third kappa shape index (κ3) is 11.1. The van der Waals surface area contributed by atoms with E-state index in [1.807, 2.05) is 12.1 Å². The number of aldehydes is 1. The molecule has 41 heavy (non-hydrogen) atoms. The summed E-state index contributed by atoms with van der Waals surface area (Å²) in [6, 6.07) is 8.05. The second kappa shape index (κ2) is 14.9. The summed E-state index contributed by atoms with van der Waals surface area (Å²) in [6.45, 7) is 3.57. The van der Waals surface area contributed by atoms with E-state index < -0.39 is 61.5 Å². The molecule has 226 valence electrons. The van der Waals surface area contributed by atoms with Gasteiger partial charge in [0.1, 0.15) is 28.2 Å². The number of nitrogens with zero attached hydrogens (tertiary/aromatic N) is 1. The van der Waals surface area contributed by atoms with Crippen molar-refractivity contribution in [3.05, 3.63) is 42.5 Å². The zero-order valence-corrected chi connectivity index (χ0v) is 24.9. The van der Waals surface area contributed by atoms with Gasteiger partial charge in [0.2, 0.25) is 21.8 Å². The van der Waals surface area contributed by atoms with Crippen molar-refractivity contribution >= 4 is 54.7 Å². The summed E-state index contributed by atoms with van der Waals surface area (Å²) in [5.41, 5.74) is 10.6. The highest BCUT2D eigenvalue weighted by molar-refractivity contribution is 7.90. The maximum atomic E-state index is 13.3. The van der Waals surface area contributed by atoms with Gasteiger partial charge in [-0.15, -0.1) is 0 Å². The third-order valence-corrected chi connectivity index (χ3v) is 8.58. The van der Waals surface area contributed by atoms with Crippen LogP contribution < -0.4 is 26.8 Å². The number of hydrogen-bond donors (Lipinski definition) is 5. The number of nitrogens with two attached hydrogens (primary N) is 2. The van der Waals surface area contributed by atoms with Gasteiger partial charge in [-0.1, -0.05) is 44.2 Å². The van der Waals surface area contributed by atoms with Crippen LogP contribution in [0.5, 0.6) is 0 Å². The van der Waals surface area contributed by atoms with E-state index in [0.29, 0.717) is 18.1 Å². The van der Waals surface area contributed by atoms with Gasteiger partial charge in [-0.25, -0.2) is 16.8 Å². The second-order valence-corrected chi connectivity index (χ2v) is 14.0. The lowest BCUT2D eigenvalue weighted by Gasteiger charge is -2.26. The zero-order chi connectivity index (χ0) is 30.8. The first-order chi connectivity index (χ1) is 19.1. The molecule has 0 fully saturated rings. The molecular weight excluding hydrogens is 572 g/mol. The van der Waals surface area contributed by atoms with Gasteiger partial charge in [0.05, 0.1) is 16.7 Å². The number of carbonyl (C=O) groups excluding carboxylic acids is 3. The van der Waals surface area contributed by atoms with Crippen LogP contribution in [0.1, 0.15) is 33.1 Å². The smallest absolute Gasteiger partial charge is 0.243 e. The van der Waals surface area contributed by atoms with Gasteiger partial charge in [0.15, 0.2) is 5.96 Å². The lowest BCUT2D eigenvalue weighted by Crippen LogP contribution is -2.57. The van der Waals surface area contributed by atoms with Crippen LogP contribution in [0.25, 0.3) is 10.8 Å². The van der Waals surface area contributed by atoms with E-state index in [1.165, 1.54) is 12.1 Å². The highest BCUT2D eigenvalue weighted by atomic mass is 32.2. The molecule has 2 aromatic carbocycles. The largest absolute Gasteiger partial charge is 0.370 e. The van der Waals surface area contributed by atoms with Crippen molar-refractivity contribution in [2.45, 2.75) is 56.1 Å². The van der Waals surface area contributed by atoms with Crippen LogP contribution in [0, 0.1) is 5.92 Å². The van der Waals surface area contributed by atoms with E-state index in [2.05, 4.69) is 20.3 Å². The first-order valence-corrected chi connectivity index (χ1v) is 16.5. The molecule has 2 rings (SSSR count). The Labute approximate surface area is 240 Å². The van der Waals surface area contributed by atoms with Crippen LogP contribution >= 0.6 is 0 Å². The van der Waals surface area contributed by atoms with E-state index in [0.717, 1.165) is 11.6 Å². The van der Waals surface area contributed by atoms with Crippen molar-refractivity contribution in [2.75, 3.05) is 18.6 Å². The van der Waals surface area contributed by atoms with Gasteiger partial charge in [0.25, 0.3) is 0 Å². The van der Waals surface area contributed by atoms with E-state index >= 15 is 0 Å². The second-order valence-electron chi connectivity index (χ2n) is 10.0. The van der Waals surface area contributed by atoms with Gasteiger partial charge in [-0.2, -0.15) is 4.72 Å². The van der Waals surface area contributed by atoms with Gasteiger partial charge in [0, 0.05) is 12.8 Å². The number of sulfonamides is 1. The molecule has 0 aliphatic rings. The molecule has 0 spiro atoms.